The highest BCUT2D eigenvalue weighted by molar-refractivity contribution is 5.79. The zero-order valence-corrected chi connectivity index (χ0v) is 9.40. The molecule has 0 spiro atoms. The monoisotopic (exact) mass is 220 g/mol. The van der Waals surface area contributed by atoms with E-state index in [0.717, 1.165) is 5.56 Å². The summed E-state index contributed by atoms with van der Waals surface area (Å²) in [5.74, 6) is -0.511. The van der Waals surface area contributed by atoms with Crippen molar-refractivity contribution in [2.24, 2.45) is 0 Å². The molecule has 0 atom stereocenters. The molecule has 0 bridgehead atoms. The topological polar surface area (TPSA) is 57.5 Å². The first-order chi connectivity index (χ1) is 7.63. The lowest BCUT2D eigenvalue weighted by Crippen LogP contribution is -2.08. The number of methoxy groups -OCH3 is 1. The summed E-state index contributed by atoms with van der Waals surface area (Å²) in [5, 5.41) is 3.87. The Morgan fingerprint density at radius 3 is 2.62 bits per heavy atom. The van der Waals surface area contributed by atoms with Gasteiger partial charge in [0, 0.05) is 13.3 Å². The molecule has 1 rings (SSSR count). The van der Waals surface area contributed by atoms with Gasteiger partial charge < -0.3 is 4.74 Å². The minimum Gasteiger partial charge on any atom is -0.469 e. The van der Waals surface area contributed by atoms with Crippen LogP contribution in [0.25, 0.3) is 0 Å². The van der Waals surface area contributed by atoms with E-state index in [9.17, 15) is 9.59 Å². The van der Waals surface area contributed by atoms with Crippen LogP contribution in [0.3, 0.4) is 0 Å². The normalized spacial score (nSPS) is 9.62. The van der Waals surface area contributed by atoms with Crippen molar-refractivity contribution in [3.63, 3.8) is 0 Å². The van der Waals surface area contributed by atoms with E-state index >= 15 is 0 Å². The summed E-state index contributed by atoms with van der Waals surface area (Å²) < 4.78 is 4.56. The molecule has 0 saturated carbocycles. The van der Waals surface area contributed by atoms with Gasteiger partial charge in [0.15, 0.2) is 0 Å². The van der Waals surface area contributed by atoms with E-state index in [1.807, 2.05) is 18.2 Å². The third-order valence-electron chi connectivity index (χ3n) is 2.10. The zero-order chi connectivity index (χ0) is 12.0. The quantitative estimate of drug-likeness (QED) is 0.724. The van der Waals surface area contributed by atoms with Crippen LogP contribution in [-0.4, -0.2) is 19.0 Å². The highest BCUT2D eigenvalue weighted by Gasteiger charge is 2.07. The highest BCUT2D eigenvalue weighted by Crippen LogP contribution is 2.17. The summed E-state index contributed by atoms with van der Waals surface area (Å²) in [6, 6.07) is 7.27. The van der Waals surface area contributed by atoms with Crippen molar-refractivity contribution in [3.05, 3.63) is 29.8 Å². The van der Waals surface area contributed by atoms with E-state index in [2.05, 4.69) is 10.1 Å². The van der Waals surface area contributed by atoms with Crippen LogP contribution in [0.5, 0.6) is 0 Å². The van der Waals surface area contributed by atoms with E-state index in [1.54, 1.807) is 6.07 Å². The van der Waals surface area contributed by atoms with Gasteiger partial charge in [-0.15, -0.1) is 0 Å². The molecule has 0 aliphatic rings. The third kappa shape index (κ3) is 3.73. The third-order valence-corrected chi connectivity index (χ3v) is 2.10. The Kier molecular flexibility index (Phi) is 4.51. The molecular formula is C12H14NO3. The summed E-state index contributed by atoms with van der Waals surface area (Å²) in [5.41, 5.74) is 1.50. The van der Waals surface area contributed by atoms with Crippen molar-refractivity contribution >= 4 is 17.6 Å². The second-order valence-electron chi connectivity index (χ2n) is 3.34. The van der Waals surface area contributed by atoms with Gasteiger partial charge in [0.05, 0.1) is 12.8 Å². The maximum Gasteiger partial charge on any atom is 0.305 e. The Morgan fingerprint density at radius 1 is 1.31 bits per heavy atom. The van der Waals surface area contributed by atoms with Crippen molar-refractivity contribution in [1.29, 1.82) is 0 Å². The van der Waals surface area contributed by atoms with E-state index < -0.39 is 0 Å². The van der Waals surface area contributed by atoms with Crippen molar-refractivity contribution in [2.75, 3.05) is 7.11 Å². The minimum atomic E-state index is -0.266. The SMILES string of the molecule is COC(=O)CCc1ccccc1[N]C(C)=O. The Hall–Kier alpha value is -1.84. The molecule has 0 saturated heterocycles. The number of para-hydroxylation sites is 1. The Balaban J connectivity index is 2.70. The maximum atomic E-state index is 11.0. The molecule has 0 aliphatic carbocycles. The second-order valence-corrected chi connectivity index (χ2v) is 3.34. The number of benzene rings is 1. The summed E-state index contributed by atoms with van der Waals surface area (Å²) >= 11 is 0. The average Bonchev–Trinajstić information content (AvgIpc) is 2.26. The predicted octanol–water partition coefficient (Wildman–Crippen LogP) is 1.57. The summed E-state index contributed by atoms with van der Waals surface area (Å²) in [7, 11) is 1.36. The Bertz CT molecular complexity index is 388. The number of hydrogen-bond donors (Lipinski definition) is 0. The van der Waals surface area contributed by atoms with E-state index in [1.165, 1.54) is 14.0 Å². The molecule has 0 aromatic heterocycles. The zero-order valence-electron chi connectivity index (χ0n) is 9.40. The first-order valence-corrected chi connectivity index (χ1v) is 5.00. The maximum absolute atomic E-state index is 11.0. The predicted molar refractivity (Wildman–Crippen MR) is 59.3 cm³/mol. The molecule has 85 valence electrons. The Morgan fingerprint density at radius 2 is 2.00 bits per heavy atom. The number of aryl methyl sites for hydroxylation is 1. The Labute approximate surface area is 94.6 Å². The van der Waals surface area contributed by atoms with Crippen LogP contribution in [0.1, 0.15) is 18.9 Å². The molecule has 0 heterocycles. The minimum absolute atomic E-state index is 0.245. The average molecular weight is 220 g/mol. The van der Waals surface area contributed by atoms with Crippen LogP contribution in [0.2, 0.25) is 0 Å². The van der Waals surface area contributed by atoms with Gasteiger partial charge in [0.2, 0.25) is 5.91 Å². The fraction of sp³-hybridized carbons (Fsp3) is 0.333. The number of amides is 1. The molecule has 0 aliphatic heterocycles. The van der Waals surface area contributed by atoms with Gasteiger partial charge in [-0.3, -0.25) is 9.59 Å². The molecule has 4 heteroatoms. The number of hydrogen-bond acceptors (Lipinski definition) is 3. The molecule has 0 N–H and O–H groups in total. The van der Waals surface area contributed by atoms with Crippen molar-refractivity contribution in [2.45, 2.75) is 19.8 Å². The van der Waals surface area contributed by atoms with Gasteiger partial charge in [-0.05, 0) is 18.1 Å². The fourth-order valence-corrected chi connectivity index (χ4v) is 1.34. The van der Waals surface area contributed by atoms with Gasteiger partial charge in [-0.2, -0.15) is 0 Å². The molecule has 0 unspecified atom stereocenters. The standard InChI is InChI=1S/C12H14NO3/c1-9(14)13-11-6-4-3-5-10(11)7-8-12(15)16-2/h3-6H,7-8H2,1-2H3. The molecular weight excluding hydrogens is 206 g/mol. The van der Waals surface area contributed by atoms with Gasteiger partial charge in [-0.1, -0.05) is 18.2 Å². The number of carbonyl (C=O) groups excluding carboxylic acids is 2. The molecule has 1 aromatic rings. The van der Waals surface area contributed by atoms with Crippen LogP contribution < -0.4 is 5.32 Å². The van der Waals surface area contributed by atoms with Gasteiger partial charge in [0.25, 0.3) is 0 Å². The van der Waals surface area contributed by atoms with Crippen LogP contribution in [0.4, 0.5) is 5.69 Å². The highest BCUT2D eigenvalue weighted by atomic mass is 16.5. The summed E-state index contributed by atoms with van der Waals surface area (Å²) in [6.07, 6.45) is 0.820. The summed E-state index contributed by atoms with van der Waals surface area (Å²) in [4.78, 5) is 21.9. The molecule has 1 radical (unpaired) electrons. The van der Waals surface area contributed by atoms with Crippen LogP contribution in [0.15, 0.2) is 24.3 Å². The van der Waals surface area contributed by atoms with Crippen molar-refractivity contribution in [1.82, 2.24) is 5.32 Å². The lowest BCUT2D eigenvalue weighted by atomic mass is 10.1. The largest absolute Gasteiger partial charge is 0.469 e. The number of esters is 1. The lowest BCUT2D eigenvalue weighted by Gasteiger charge is -2.06. The smallest absolute Gasteiger partial charge is 0.305 e. The van der Waals surface area contributed by atoms with Crippen molar-refractivity contribution < 1.29 is 14.3 Å². The van der Waals surface area contributed by atoms with E-state index in [0.29, 0.717) is 18.5 Å². The van der Waals surface area contributed by atoms with Crippen LogP contribution >= 0.6 is 0 Å². The molecule has 4 nitrogen and oxygen atoms in total. The van der Waals surface area contributed by atoms with E-state index in [-0.39, 0.29) is 11.9 Å². The van der Waals surface area contributed by atoms with Crippen LogP contribution in [-0.2, 0) is 20.7 Å². The van der Waals surface area contributed by atoms with Crippen LogP contribution in [0, 0.1) is 0 Å². The molecule has 16 heavy (non-hydrogen) atoms. The number of ether oxygens (including phenoxy) is 1. The van der Waals surface area contributed by atoms with Gasteiger partial charge in [0.1, 0.15) is 0 Å². The second kappa shape index (κ2) is 5.90. The first-order valence-electron chi connectivity index (χ1n) is 5.00. The van der Waals surface area contributed by atoms with Gasteiger partial charge in [-0.25, -0.2) is 5.32 Å². The number of carbonyl (C=O) groups is 2. The number of nitrogens with zero attached hydrogens (tertiary/aromatic N) is 1. The first kappa shape index (κ1) is 12.2. The molecule has 1 amide bonds. The number of rotatable bonds is 4. The van der Waals surface area contributed by atoms with E-state index in [4.69, 9.17) is 0 Å². The van der Waals surface area contributed by atoms with Gasteiger partial charge >= 0.3 is 5.97 Å². The summed E-state index contributed by atoms with van der Waals surface area (Å²) in [6.45, 7) is 1.40. The van der Waals surface area contributed by atoms with Crippen molar-refractivity contribution in [3.8, 4) is 0 Å². The lowest BCUT2D eigenvalue weighted by molar-refractivity contribution is -0.140. The fourth-order valence-electron chi connectivity index (χ4n) is 1.34. The molecule has 1 aromatic carbocycles. The molecule has 0 fully saturated rings.